The fourth-order valence-electron chi connectivity index (χ4n) is 2.22. The number of carbonyl (C=O) groups is 2. The fourth-order valence-corrected chi connectivity index (χ4v) is 2.22. The molecule has 1 aliphatic rings. The highest BCUT2D eigenvalue weighted by Gasteiger charge is 2.20. The number of hydrazone groups is 1. The molecule has 1 amide bonds. The number of carbonyl (C=O) groups excluding carboxylic acids is 2. The van der Waals surface area contributed by atoms with Crippen molar-refractivity contribution in [3.8, 4) is 0 Å². The van der Waals surface area contributed by atoms with Gasteiger partial charge < -0.3 is 16.8 Å². The van der Waals surface area contributed by atoms with E-state index in [9.17, 15) is 9.59 Å². The Hall–Kier alpha value is -2.41. The van der Waals surface area contributed by atoms with E-state index < -0.39 is 0 Å². The molecule has 0 fully saturated rings. The van der Waals surface area contributed by atoms with Crippen LogP contribution in [0.2, 0.25) is 0 Å². The number of ketones is 1. The number of nitrogen functional groups attached to an aromatic ring is 1. The molecular formula is C14H19N5O2. The van der Waals surface area contributed by atoms with Gasteiger partial charge in [0.15, 0.2) is 5.78 Å². The first-order valence-corrected chi connectivity index (χ1v) is 6.77. The topological polar surface area (TPSA) is 123 Å². The van der Waals surface area contributed by atoms with Crippen molar-refractivity contribution in [1.29, 1.82) is 0 Å². The number of Topliss-reactive ketones (excluding diaryl/α,β-unsaturated/α-hetero) is 1. The summed E-state index contributed by atoms with van der Waals surface area (Å²) in [5.74, 6) is -0.211. The lowest BCUT2D eigenvalue weighted by Crippen LogP contribution is -2.27. The fraction of sp³-hybridized carbons (Fsp3) is 0.357. The molecule has 1 aromatic carbocycles. The Kier molecular flexibility index (Phi) is 4.54. The van der Waals surface area contributed by atoms with Gasteiger partial charge in [0.25, 0.3) is 0 Å². The van der Waals surface area contributed by atoms with Gasteiger partial charge in [-0.3, -0.25) is 9.59 Å². The second kappa shape index (κ2) is 6.36. The van der Waals surface area contributed by atoms with E-state index in [-0.39, 0.29) is 11.7 Å². The smallest absolute Gasteiger partial charge is 0.240 e. The van der Waals surface area contributed by atoms with Crippen LogP contribution in [0.15, 0.2) is 17.2 Å². The highest BCUT2D eigenvalue weighted by atomic mass is 16.2. The van der Waals surface area contributed by atoms with E-state index in [4.69, 9.17) is 11.5 Å². The Morgan fingerprint density at radius 3 is 2.76 bits per heavy atom. The van der Waals surface area contributed by atoms with Gasteiger partial charge in [0.05, 0.1) is 17.1 Å². The van der Waals surface area contributed by atoms with Crippen molar-refractivity contribution in [3.05, 3.63) is 23.3 Å². The maximum absolute atomic E-state index is 11.6. The van der Waals surface area contributed by atoms with E-state index in [1.807, 2.05) is 0 Å². The number of anilines is 2. The molecule has 7 nitrogen and oxygen atoms in total. The number of nitrogens with zero attached hydrogens (tertiary/aromatic N) is 1. The molecule has 6 N–H and O–H groups in total. The Balaban J connectivity index is 2.47. The van der Waals surface area contributed by atoms with E-state index >= 15 is 0 Å². The average molecular weight is 289 g/mol. The van der Waals surface area contributed by atoms with Crippen LogP contribution in [0.25, 0.3) is 0 Å². The first-order valence-electron chi connectivity index (χ1n) is 6.77. The second-order valence-electron chi connectivity index (χ2n) is 4.81. The molecule has 0 radical (unpaired) electrons. The molecule has 0 unspecified atom stereocenters. The maximum atomic E-state index is 11.6. The average Bonchev–Trinajstić information content (AvgIpc) is 2.46. The number of nitrogens with one attached hydrogen (secondary N) is 2. The molecule has 112 valence electrons. The van der Waals surface area contributed by atoms with Gasteiger partial charge in [-0.15, -0.1) is 0 Å². The first kappa shape index (κ1) is 15.0. The summed E-state index contributed by atoms with van der Waals surface area (Å²) in [5.41, 5.74) is 17.1. The molecular weight excluding hydrogens is 270 g/mol. The predicted molar refractivity (Wildman–Crippen MR) is 82.3 cm³/mol. The molecule has 2 rings (SSSR count). The highest BCUT2D eigenvalue weighted by molar-refractivity contribution is 6.12. The zero-order valence-corrected chi connectivity index (χ0v) is 11.9. The van der Waals surface area contributed by atoms with Crippen LogP contribution in [0, 0.1) is 0 Å². The second-order valence-corrected chi connectivity index (χ2v) is 4.81. The molecule has 0 saturated heterocycles. The summed E-state index contributed by atoms with van der Waals surface area (Å²) < 4.78 is 0. The molecule has 0 saturated carbocycles. The van der Waals surface area contributed by atoms with Gasteiger partial charge in [0, 0.05) is 37.1 Å². The molecule has 1 aliphatic heterocycles. The lowest BCUT2D eigenvalue weighted by atomic mass is 9.97. The van der Waals surface area contributed by atoms with Gasteiger partial charge in [-0.05, 0) is 13.0 Å². The molecule has 0 spiro atoms. The predicted octanol–water partition coefficient (Wildman–Crippen LogP) is 0.456. The van der Waals surface area contributed by atoms with Gasteiger partial charge in [0.2, 0.25) is 5.91 Å². The van der Waals surface area contributed by atoms with Gasteiger partial charge in [-0.2, -0.15) is 5.10 Å². The van der Waals surface area contributed by atoms with E-state index in [0.29, 0.717) is 42.9 Å². The molecule has 7 heteroatoms. The summed E-state index contributed by atoms with van der Waals surface area (Å²) in [5, 5.41) is 7.21. The first-order chi connectivity index (χ1) is 10.0. The van der Waals surface area contributed by atoms with Gasteiger partial charge in [-0.25, -0.2) is 5.43 Å². The van der Waals surface area contributed by atoms with Crippen LogP contribution in [0.4, 0.5) is 11.4 Å². The maximum Gasteiger partial charge on any atom is 0.240 e. The number of rotatable bonds is 5. The Morgan fingerprint density at radius 2 is 2.19 bits per heavy atom. The van der Waals surface area contributed by atoms with E-state index in [1.54, 1.807) is 12.1 Å². The Labute approximate surface area is 122 Å². The SMILES string of the molecule is CC(=O)c1ccc(C2=NNC(=O)CC2)c(NCCN)c1N. The zero-order valence-electron chi connectivity index (χ0n) is 11.9. The van der Waals surface area contributed by atoms with Gasteiger partial charge in [-0.1, -0.05) is 6.07 Å². The van der Waals surface area contributed by atoms with Crippen molar-refractivity contribution < 1.29 is 9.59 Å². The van der Waals surface area contributed by atoms with Crippen LogP contribution in [-0.4, -0.2) is 30.5 Å². The van der Waals surface area contributed by atoms with E-state index in [2.05, 4.69) is 15.8 Å². The lowest BCUT2D eigenvalue weighted by molar-refractivity contribution is -0.121. The van der Waals surface area contributed by atoms with Crippen LogP contribution in [-0.2, 0) is 4.79 Å². The van der Waals surface area contributed by atoms with Crippen LogP contribution in [0.5, 0.6) is 0 Å². The molecule has 21 heavy (non-hydrogen) atoms. The highest BCUT2D eigenvalue weighted by Crippen LogP contribution is 2.30. The number of benzene rings is 1. The van der Waals surface area contributed by atoms with Crippen LogP contribution < -0.4 is 22.2 Å². The quantitative estimate of drug-likeness (QED) is 0.463. The largest absolute Gasteiger partial charge is 0.396 e. The minimum absolute atomic E-state index is 0.103. The number of amides is 1. The summed E-state index contributed by atoms with van der Waals surface area (Å²) >= 11 is 0. The summed E-state index contributed by atoms with van der Waals surface area (Å²) in [6, 6.07) is 3.47. The lowest BCUT2D eigenvalue weighted by Gasteiger charge is -2.19. The van der Waals surface area contributed by atoms with Crippen molar-refractivity contribution in [2.45, 2.75) is 19.8 Å². The summed E-state index contributed by atoms with van der Waals surface area (Å²) in [6.07, 6.45) is 0.908. The molecule has 0 atom stereocenters. The monoisotopic (exact) mass is 289 g/mol. The summed E-state index contributed by atoms with van der Waals surface area (Å²) in [6.45, 7) is 2.43. The zero-order chi connectivity index (χ0) is 15.4. The third-order valence-electron chi connectivity index (χ3n) is 3.29. The standard InChI is InChI=1S/C14H19N5O2/c1-8(20)9-2-3-10(11-4-5-12(21)19-18-11)14(13(9)16)17-7-6-15/h2-3,17H,4-7,15-16H2,1H3,(H,19,21). The molecule has 1 aromatic rings. The molecule has 0 aromatic heterocycles. The Bertz CT molecular complexity index is 610. The van der Waals surface area contributed by atoms with Crippen LogP contribution in [0.1, 0.15) is 35.7 Å². The molecule has 1 heterocycles. The van der Waals surface area contributed by atoms with Gasteiger partial charge >= 0.3 is 0 Å². The van der Waals surface area contributed by atoms with Gasteiger partial charge in [0.1, 0.15) is 0 Å². The molecule has 0 aliphatic carbocycles. The summed E-state index contributed by atoms with van der Waals surface area (Å²) in [4.78, 5) is 22.8. The van der Waals surface area contributed by atoms with Crippen molar-refractivity contribution >= 4 is 28.8 Å². The van der Waals surface area contributed by atoms with E-state index in [0.717, 1.165) is 11.3 Å². The van der Waals surface area contributed by atoms with Crippen molar-refractivity contribution in [2.24, 2.45) is 10.8 Å². The third-order valence-corrected chi connectivity index (χ3v) is 3.29. The normalized spacial score (nSPS) is 14.4. The van der Waals surface area contributed by atoms with E-state index in [1.165, 1.54) is 6.92 Å². The third kappa shape index (κ3) is 3.19. The number of hydrogen-bond donors (Lipinski definition) is 4. The van der Waals surface area contributed by atoms with Crippen molar-refractivity contribution in [2.75, 3.05) is 24.1 Å². The van der Waals surface area contributed by atoms with Crippen LogP contribution in [0.3, 0.4) is 0 Å². The summed E-state index contributed by atoms with van der Waals surface area (Å²) in [7, 11) is 0. The van der Waals surface area contributed by atoms with Crippen molar-refractivity contribution in [1.82, 2.24) is 5.43 Å². The molecule has 0 bridgehead atoms. The van der Waals surface area contributed by atoms with Crippen LogP contribution >= 0.6 is 0 Å². The minimum atomic E-state index is -0.108. The van der Waals surface area contributed by atoms with Crippen molar-refractivity contribution in [3.63, 3.8) is 0 Å². The Morgan fingerprint density at radius 1 is 1.43 bits per heavy atom. The number of nitrogens with two attached hydrogens (primary N) is 2. The minimum Gasteiger partial charge on any atom is -0.396 e. The number of hydrogen-bond acceptors (Lipinski definition) is 6.